The summed E-state index contributed by atoms with van der Waals surface area (Å²) in [5, 5.41) is 12.9. The van der Waals surface area contributed by atoms with Crippen LogP contribution in [0.4, 0.5) is 0 Å². The summed E-state index contributed by atoms with van der Waals surface area (Å²) in [4.78, 5) is 12.1. The van der Waals surface area contributed by atoms with Gasteiger partial charge >= 0.3 is 0 Å². The lowest BCUT2D eigenvalue weighted by atomic mass is 9.95. The number of benzene rings is 1. The molecule has 1 unspecified atom stereocenters. The first-order valence-electron chi connectivity index (χ1n) is 6.39. The molecule has 0 radical (unpaired) electrons. The van der Waals surface area contributed by atoms with Gasteiger partial charge in [0.2, 0.25) is 5.91 Å². The number of hydrogen-bond acceptors (Lipinski definition) is 3. The predicted octanol–water partition coefficient (Wildman–Crippen LogP) is 0.740. The van der Waals surface area contributed by atoms with Crippen LogP contribution in [-0.4, -0.2) is 22.1 Å². The minimum atomic E-state index is -0.155. The van der Waals surface area contributed by atoms with Gasteiger partial charge in [-0.3, -0.25) is 9.89 Å². The molecule has 3 rings (SSSR count). The molecule has 2 aromatic rings. The molecule has 0 saturated carbocycles. The van der Waals surface area contributed by atoms with Gasteiger partial charge in [-0.25, -0.2) is 0 Å². The molecule has 0 fully saturated rings. The third kappa shape index (κ3) is 2.66. The summed E-state index contributed by atoms with van der Waals surface area (Å²) >= 11 is 0. The number of aromatic amines is 1. The maximum atomic E-state index is 12.1. The van der Waals surface area contributed by atoms with E-state index in [1.54, 1.807) is 6.20 Å². The number of nitrogens with zero attached hydrogens (tertiary/aromatic N) is 1. The Balaban J connectivity index is 1.60. The van der Waals surface area contributed by atoms with Crippen molar-refractivity contribution in [3.63, 3.8) is 0 Å². The Morgan fingerprint density at radius 2 is 2.16 bits per heavy atom. The molecule has 1 atom stereocenters. The molecule has 5 heteroatoms. The summed E-state index contributed by atoms with van der Waals surface area (Å²) in [5.41, 5.74) is 3.44. The van der Waals surface area contributed by atoms with Crippen molar-refractivity contribution in [2.24, 2.45) is 0 Å². The first kappa shape index (κ1) is 11.9. The molecular formula is C14H16N4O. The number of hydrogen-bond donors (Lipinski definition) is 3. The molecule has 1 aliphatic heterocycles. The monoisotopic (exact) mass is 256 g/mol. The molecule has 0 aliphatic carbocycles. The Morgan fingerprint density at radius 3 is 2.95 bits per heavy atom. The van der Waals surface area contributed by atoms with Gasteiger partial charge in [-0.15, -0.1) is 0 Å². The van der Waals surface area contributed by atoms with Crippen molar-refractivity contribution >= 4 is 5.91 Å². The molecule has 1 aliphatic rings. The van der Waals surface area contributed by atoms with Gasteiger partial charge in [0.25, 0.3) is 0 Å². The Morgan fingerprint density at radius 1 is 1.32 bits per heavy atom. The second-order valence-electron chi connectivity index (χ2n) is 4.71. The highest BCUT2D eigenvalue weighted by atomic mass is 16.2. The molecule has 2 heterocycles. The molecule has 19 heavy (non-hydrogen) atoms. The maximum absolute atomic E-state index is 12.1. The average Bonchev–Trinajstić information content (AvgIpc) is 2.97. The average molecular weight is 256 g/mol. The van der Waals surface area contributed by atoms with E-state index in [9.17, 15) is 4.79 Å². The van der Waals surface area contributed by atoms with Crippen molar-refractivity contribution in [1.29, 1.82) is 0 Å². The summed E-state index contributed by atoms with van der Waals surface area (Å²) in [6.45, 7) is 1.23. The fraction of sp³-hybridized carbons (Fsp3) is 0.286. The SMILES string of the molecule is O=C(NCc1ccn[nH]1)C1Cc2ccccc2CN1. The van der Waals surface area contributed by atoms with Gasteiger partial charge in [-0.2, -0.15) is 5.10 Å². The highest BCUT2D eigenvalue weighted by molar-refractivity contribution is 5.82. The van der Waals surface area contributed by atoms with E-state index in [4.69, 9.17) is 0 Å². The summed E-state index contributed by atoms with van der Waals surface area (Å²) in [6.07, 6.45) is 2.42. The molecule has 1 aromatic heterocycles. The molecule has 0 bridgehead atoms. The van der Waals surface area contributed by atoms with Crippen LogP contribution in [0, 0.1) is 0 Å². The van der Waals surface area contributed by atoms with Crippen LogP contribution in [-0.2, 0) is 24.3 Å². The fourth-order valence-corrected chi connectivity index (χ4v) is 2.33. The number of aromatic nitrogens is 2. The van der Waals surface area contributed by atoms with Gasteiger partial charge in [0.15, 0.2) is 0 Å². The molecular weight excluding hydrogens is 240 g/mol. The quantitative estimate of drug-likeness (QED) is 0.758. The third-order valence-corrected chi connectivity index (χ3v) is 3.41. The topological polar surface area (TPSA) is 69.8 Å². The van der Waals surface area contributed by atoms with E-state index in [0.29, 0.717) is 6.54 Å². The third-order valence-electron chi connectivity index (χ3n) is 3.41. The molecule has 5 nitrogen and oxygen atoms in total. The van der Waals surface area contributed by atoms with E-state index < -0.39 is 0 Å². The minimum absolute atomic E-state index is 0.0316. The lowest BCUT2D eigenvalue weighted by molar-refractivity contribution is -0.123. The number of nitrogens with one attached hydrogen (secondary N) is 3. The fourth-order valence-electron chi connectivity index (χ4n) is 2.33. The Bertz CT molecular complexity index is 565. The Labute approximate surface area is 111 Å². The van der Waals surface area contributed by atoms with E-state index in [2.05, 4.69) is 33.0 Å². The molecule has 3 N–H and O–H groups in total. The van der Waals surface area contributed by atoms with Gasteiger partial charge in [-0.1, -0.05) is 24.3 Å². The van der Waals surface area contributed by atoms with Gasteiger partial charge in [0, 0.05) is 12.7 Å². The number of carbonyl (C=O) groups excluding carboxylic acids is 1. The Hall–Kier alpha value is -2.14. The molecule has 1 aromatic carbocycles. The lowest BCUT2D eigenvalue weighted by Gasteiger charge is -2.25. The van der Waals surface area contributed by atoms with Crippen LogP contribution in [0.25, 0.3) is 0 Å². The highest BCUT2D eigenvalue weighted by Crippen LogP contribution is 2.16. The van der Waals surface area contributed by atoms with Gasteiger partial charge in [0.05, 0.1) is 18.3 Å². The predicted molar refractivity (Wildman–Crippen MR) is 71.2 cm³/mol. The number of carbonyl (C=O) groups is 1. The minimum Gasteiger partial charge on any atom is -0.349 e. The van der Waals surface area contributed by atoms with Crippen molar-refractivity contribution < 1.29 is 4.79 Å². The van der Waals surface area contributed by atoms with Crippen LogP contribution in [0.15, 0.2) is 36.5 Å². The van der Waals surface area contributed by atoms with Gasteiger partial charge in [0.1, 0.15) is 0 Å². The van der Waals surface area contributed by atoms with Crippen LogP contribution in [0.5, 0.6) is 0 Å². The Kier molecular flexibility index (Phi) is 3.29. The van der Waals surface area contributed by atoms with Crippen LogP contribution >= 0.6 is 0 Å². The lowest BCUT2D eigenvalue weighted by Crippen LogP contribution is -2.47. The second kappa shape index (κ2) is 5.24. The van der Waals surface area contributed by atoms with Crippen molar-refractivity contribution in [2.75, 3.05) is 0 Å². The van der Waals surface area contributed by atoms with Crippen LogP contribution in [0.3, 0.4) is 0 Å². The smallest absolute Gasteiger partial charge is 0.237 e. The first-order chi connectivity index (χ1) is 9.33. The van der Waals surface area contributed by atoms with Crippen molar-refractivity contribution in [3.05, 3.63) is 53.3 Å². The number of amides is 1. The van der Waals surface area contributed by atoms with Crippen molar-refractivity contribution in [1.82, 2.24) is 20.8 Å². The highest BCUT2D eigenvalue weighted by Gasteiger charge is 2.23. The normalized spacial score (nSPS) is 17.8. The van der Waals surface area contributed by atoms with E-state index in [1.165, 1.54) is 11.1 Å². The zero-order valence-corrected chi connectivity index (χ0v) is 10.5. The number of H-pyrrole nitrogens is 1. The zero-order valence-electron chi connectivity index (χ0n) is 10.5. The van der Waals surface area contributed by atoms with E-state index in [0.717, 1.165) is 18.7 Å². The number of rotatable bonds is 3. The zero-order chi connectivity index (χ0) is 13.1. The van der Waals surface area contributed by atoms with Gasteiger partial charge < -0.3 is 10.6 Å². The standard InChI is InChI=1S/C14H16N4O/c19-14(16-9-12-5-6-17-18-12)13-7-10-3-1-2-4-11(10)8-15-13/h1-6,13,15H,7-9H2,(H,16,19)(H,17,18). The van der Waals surface area contributed by atoms with E-state index >= 15 is 0 Å². The number of fused-ring (bicyclic) bond motifs is 1. The largest absolute Gasteiger partial charge is 0.349 e. The summed E-state index contributed by atoms with van der Waals surface area (Å²) in [6, 6.07) is 9.93. The van der Waals surface area contributed by atoms with E-state index in [-0.39, 0.29) is 11.9 Å². The van der Waals surface area contributed by atoms with Gasteiger partial charge in [-0.05, 0) is 23.6 Å². The van der Waals surface area contributed by atoms with Crippen LogP contribution in [0.2, 0.25) is 0 Å². The molecule has 98 valence electrons. The first-order valence-corrected chi connectivity index (χ1v) is 6.39. The van der Waals surface area contributed by atoms with Crippen LogP contribution < -0.4 is 10.6 Å². The van der Waals surface area contributed by atoms with Crippen molar-refractivity contribution in [2.45, 2.75) is 25.6 Å². The van der Waals surface area contributed by atoms with Crippen molar-refractivity contribution in [3.8, 4) is 0 Å². The molecule has 0 saturated heterocycles. The van der Waals surface area contributed by atoms with Crippen LogP contribution in [0.1, 0.15) is 16.8 Å². The molecule has 1 amide bonds. The second-order valence-corrected chi connectivity index (χ2v) is 4.71. The van der Waals surface area contributed by atoms with E-state index in [1.807, 2.05) is 18.2 Å². The summed E-state index contributed by atoms with van der Waals surface area (Å²) < 4.78 is 0. The molecule has 0 spiro atoms. The summed E-state index contributed by atoms with van der Waals surface area (Å²) in [5.74, 6) is 0.0316. The summed E-state index contributed by atoms with van der Waals surface area (Å²) in [7, 11) is 0. The maximum Gasteiger partial charge on any atom is 0.237 e.